The van der Waals surface area contributed by atoms with E-state index in [2.05, 4.69) is 15.5 Å². The molecule has 0 radical (unpaired) electrons. The van der Waals surface area contributed by atoms with Crippen LogP contribution in [0.4, 0.5) is 5.69 Å². The smallest absolute Gasteiger partial charge is 0.187 e. The Morgan fingerprint density at radius 3 is 2.59 bits per heavy atom. The molecule has 3 aromatic rings. The van der Waals surface area contributed by atoms with E-state index < -0.39 is 0 Å². The van der Waals surface area contributed by atoms with Crippen LogP contribution in [0.2, 0.25) is 0 Å². The van der Waals surface area contributed by atoms with Gasteiger partial charge in [-0.15, -0.1) is 0 Å². The molecule has 0 aliphatic carbocycles. The Kier molecular flexibility index (Phi) is 3.70. The second-order valence-electron chi connectivity index (χ2n) is 5.08. The van der Waals surface area contributed by atoms with E-state index in [4.69, 9.17) is 0 Å². The van der Waals surface area contributed by atoms with Crippen LogP contribution in [-0.2, 0) is 7.05 Å². The lowest BCUT2D eigenvalue weighted by molar-refractivity contribution is 0.104. The lowest BCUT2D eigenvalue weighted by Gasteiger charge is -2.06. The second kappa shape index (κ2) is 5.81. The highest BCUT2D eigenvalue weighted by atomic mass is 16.1. The zero-order valence-electron chi connectivity index (χ0n) is 12.4. The van der Waals surface area contributed by atoms with Crippen LogP contribution in [0.15, 0.2) is 60.3 Å². The number of aryl methyl sites for hydroxylation is 1. The number of hydrogen-bond donors (Lipinski definition) is 1. The summed E-state index contributed by atoms with van der Waals surface area (Å²) >= 11 is 0. The van der Waals surface area contributed by atoms with Gasteiger partial charge in [-0.3, -0.25) is 4.79 Å². The summed E-state index contributed by atoms with van der Waals surface area (Å²) in [6, 6.07) is 14.9. The standard InChI is InChI=1S/C17H16N4O/c1-12(10-17(22)13-6-4-3-5-7-13)18-14-8-9-15-16(11-14)20-21(2)19-15/h3-11,18H,1-2H3/b12-10+. The quantitative estimate of drug-likeness (QED) is 0.592. The molecule has 1 N–H and O–H groups in total. The fourth-order valence-electron chi connectivity index (χ4n) is 2.25. The summed E-state index contributed by atoms with van der Waals surface area (Å²) in [6.45, 7) is 1.86. The van der Waals surface area contributed by atoms with Crippen molar-refractivity contribution in [2.24, 2.45) is 7.05 Å². The van der Waals surface area contributed by atoms with Gasteiger partial charge in [0.05, 0.1) is 0 Å². The number of aromatic nitrogens is 3. The summed E-state index contributed by atoms with van der Waals surface area (Å²) in [5, 5.41) is 11.7. The molecule has 22 heavy (non-hydrogen) atoms. The minimum Gasteiger partial charge on any atom is -0.359 e. The van der Waals surface area contributed by atoms with Crippen molar-refractivity contribution in [1.82, 2.24) is 15.0 Å². The van der Waals surface area contributed by atoms with Crippen LogP contribution < -0.4 is 5.32 Å². The first-order valence-electron chi connectivity index (χ1n) is 6.97. The molecule has 1 heterocycles. The van der Waals surface area contributed by atoms with E-state index in [1.807, 2.05) is 43.3 Å². The average molecular weight is 292 g/mol. The Hall–Kier alpha value is -2.95. The van der Waals surface area contributed by atoms with E-state index in [1.54, 1.807) is 25.3 Å². The number of ketones is 1. The third-order valence-corrected chi connectivity index (χ3v) is 3.23. The zero-order chi connectivity index (χ0) is 15.5. The Morgan fingerprint density at radius 1 is 1.09 bits per heavy atom. The number of nitrogens with zero attached hydrogens (tertiary/aromatic N) is 3. The molecule has 0 aliphatic rings. The van der Waals surface area contributed by atoms with Crippen LogP contribution in [-0.4, -0.2) is 20.8 Å². The summed E-state index contributed by atoms with van der Waals surface area (Å²) in [7, 11) is 1.79. The molecule has 0 saturated carbocycles. The van der Waals surface area contributed by atoms with Crippen molar-refractivity contribution in [3.05, 3.63) is 65.9 Å². The van der Waals surface area contributed by atoms with E-state index >= 15 is 0 Å². The molecule has 5 heteroatoms. The molecule has 0 spiro atoms. The molecule has 0 fully saturated rings. The number of rotatable bonds is 4. The van der Waals surface area contributed by atoms with Crippen LogP contribution in [0.25, 0.3) is 11.0 Å². The molecule has 0 atom stereocenters. The average Bonchev–Trinajstić information content (AvgIpc) is 2.87. The number of benzene rings is 2. The van der Waals surface area contributed by atoms with E-state index in [9.17, 15) is 4.79 Å². The summed E-state index contributed by atoms with van der Waals surface area (Å²) in [6.07, 6.45) is 1.59. The molecule has 0 amide bonds. The van der Waals surface area contributed by atoms with Gasteiger partial charge in [0.1, 0.15) is 11.0 Å². The predicted octanol–water partition coefficient (Wildman–Crippen LogP) is 3.17. The predicted molar refractivity (Wildman–Crippen MR) is 86.7 cm³/mol. The first-order valence-corrected chi connectivity index (χ1v) is 6.97. The van der Waals surface area contributed by atoms with Gasteiger partial charge in [-0.25, -0.2) is 0 Å². The van der Waals surface area contributed by atoms with Crippen molar-refractivity contribution in [3.8, 4) is 0 Å². The molecule has 5 nitrogen and oxygen atoms in total. The summed E-state index contributed by atoms with van der Waals surface area (Å²) in [4.78, 5) is 13.7. The first kappa shape index (κ1) is 14.0. The molecular weight excluding hydrogens is 276 g/mol. The fraction of sp³-hybridized carbons (Fsp3) is 0.118. The molecule has 0 unspecified atom stereocenters. The van der Waals surface area contributed by atoms with Crippen molar-refractivity contribution >= 4 is 22.5 Å². The highest BCUT2D eigenvalue weighted by molar-refractivity contribution is 6.05. The van der Waals surface area contributed by atoms with Crippen LogP contribution in [0.3, 0.4) is 0 Å². The third-order valence-electron chi connectivity index (χ3n) is 3.23. The van der Waals surface area contributed by atoms with E-state index in [0.29, 0.717) is 5.56 Å². The zero-order valence-corrected chi connectivity index (χ0v) is 12.4. The second-order valence-corrected chi connectivity index (χ2v) is 5.08. The molecule has 1 aromatic heterocycles. The Morgan fingerprint density at radius 2 is 1.82 bits per heavy atom. The van der Waals surface area contributed by atoms with E-state index in [-0.39, 0.29) is 5.78 Å². The Balaban J connectivity index is 1.78. The van der Waals surface area contributed by atoms with E-state index in [0.717, 1.165) is 22.4 Å². The maximum Gasteiger partial charge on any atom is 0.187 e. The molecule has 2 aromatic carbocycles. The van der Waals surface area contributed by atoms with Gasteiger partial charge in [-0.1, -0.05) is 30.3 Å². The number of allylic oxidation sites excluding steroid dienone is 2. The normalized spacial score (nSPS) is 11.6. The largest absolute Gasteiger partial charge is 0.359 e. The van der Waals surface area contributed by atoms with Gasteiger partial charge in [0.2, 0.25) is 0 Å². The van der Waals surface area contributed by atoms with Crippen molar-refractivity contribution in [3.63, 3.8) is 0 Å². The van der Waals surface area contributed by atoms with E-state index in [1.165, 1.54) is 4.80 Å². The molecule has 0 aliphatic heterocycles. The minimum atomic E-state index is -0.0221. The third kappa shape index (κ3) is 3.03. The summed E-state index contributed by atoms with van der Waals surface area (Å²) < 4.78 is 0. The Labute approximate surface area is 128 Å². The number of carbonyl (C=O) groups excluding carboxylic acids is 1. The van der Waals surface area contributed by atoms with Gasteiger partial charge in [0.15, 0.2) is 5.78 Å². The number of hydrogen-bond acceptors (Lipinski definition) is 4. The maximum atomic E-state index is 12.1. The van der Waals surface area contributed by atoms with Crippen molar-refractivity contribution in [2.45, 2.75) is 6.92 Å². The van der Waals surface area contributed by atoms with Gasteiger partial charge in [-0.05, 0) is 25.1 Å². The van der Waals surface area contributed by atoms with Gasteiger partial charge >= 0.3 is 0 Å². The number of carbonyl (C=O) groups is 1. The van der Waals surface area contributed by atoms with Crippen LogP contribution in [0.1, 0.15) is 17.3 Å². The highest BCUT2D eigenvalue weighted by Gasteiger charge is 2.04. The molecular formula is C17H16N4O. The topological polar surface area (TPSA) is 59.8 Å². The lowest BCUT2D eigenvalue weighted by atomic mass is 10.1. The van der Waals surface area contributed by atoms with Gasteiger partial charge in [0, 0.05) is 30.1 Å². The van der Waals surface area contributed by atoms with Crippen molar-refractivity contribution in [1.29, 1.82) is 0 Å². The lowest BCUT2D eigenvalue weighted by Crippen LogP contribution is -2.01. The monoisotopic (exact) mass is 292 g/mol. The maximum absolute atomic E-state index is 12.1. The van der Waals surface area contributed by atoms with Crippen LogP contribution >= 0.6 is 0 Å². The number of nitrogens with one attached hydrogen (secondary N) is 1. The SMILES string of the molecule is C/C(=C\C(=O)c1ccccc1)Nc1ccc2nn(C)nc2c1. The molecule has 0 saturated heterocycles. The van der Waals surface area contributed by atoms with Gasteiger partial charge in [0.25, 0.3) is 0 Å². The Bertz CT molecular complexity index is 849. The molecule has 110 valence electrons. The van der Waals surface area contributed by atoms with Crippen LogP contribution in [0, 0.1) is 0 Å². The summed E-state index contributed by atoms with van der Waals surface area (Å²) in [5.41, 5.74) is 3.98. The van der Waals surface area contributed by atoms with Gasteiger partial charge in [-0.2, -0.15) is 15.0 Å². The first-order chi connectivity index (χ1) is 10.6. The molecule has 0 bridgehead atoms. The highest BCUT2D eigenvalue weighted by Crippen LogP contribution is 2.17. The minimum absolute atomic E-state index is 0.0221. The molecule has 3 rings (SSSR count). The van der Waals surface area contributed by atoms with Crippen molar-refractivity contribution < 1.29 is 4.79 Å². The van der Waals surface area contributed by atoms with Crippen molar-refractivity contribution in [2.75, 3.05) is 5.32 Å². The van der Waals surface area contributed by atoms with Crippen LogP contribution in [0.5, 0.6) is 0 Å². The van der Waals surface area contributed by atoms with Gasteiger partial charge < -0.3 is 5.32 Å². The summed E-state index contributed by atoms with van der Waals surface area (Å²) in [5.74, 6) is -0.0221. The number of fused-ring (bicyclic) bond motifs is 1. The fourth-order valence-corrected chi connectivity index (χ4v) is 2.25. The number of anilines is 1.